The normalized spacial score (nSPS) is 14.6. The summed E-state index contributed by atoms with van der Waals surface area (Å²) in [5.41, 5.74) is 4.02. The lowest BCUT2D eigenvalue weighted by molar-refractivity contribution is 0.669. The quantitative estimate of drug-likeness (QED) is 0.176. The van der Waals surface area contributed by atoms with Gasteiger partial charge in [0, 0.05) is 49.2 Å². The van der Waals surface area contributed by atoms with Crippen molar-refractivity contribution in [2.75, 3.05) is 0 Å². The van der Waals surface area contributed by atoms with E-state index in [2.05, 4.69) is 0 Å². The minimum absolute atomic E-state index is 0.0245. The Labute approximate surface area is 341 Å². The van der Waals surface area contributed by atoms with E-state index in [0.29, 0.717) is 16.7 Å². The summed E-state index contributed by atoms with van der Waals surface area (Å²) < 4.78 is 113. The van der Waals surface area contributed by atoms with Crippen LogP contribution in [-0.2, 0) is 0 Å². The molecule has 0 aliphatic rings. The first-order valence-corrected chi connectivity index (χ1v) is 18.1. The van der Waals surface area contributed by atoms with Gasteiger partial charge < -0.3 is 13.4 Å². The Balaban J connectivity index is 1.10. The van der Waals surface area contributed by atoms with Gasteiger partial charge in [-0.25, -0.2) is 15.0 Å². The number of furan rings is 2. The molecule has 0 saturated carbocycles. The van der Waals surface area contributed by atoms with Crippen molar-refractivity contribution < 1.29 is 23.9 Å². The molecule has 6 heteroatoms. The van der Waals surface area contributed by atoms with E-state index in [1.165, 1.54) is 22.8 Å². The molecule has 0 atom stereocenters. The number of para-hydroxylation sites is 3. The van der Waals surface area contributed by atoms with Crippen molar-refractivity contribution in [3.05, 3.63) is 182 Å². The molecule has 0 N–H and O–H groups in total. The molecule has 4 heterocycles. The van der Waals surface area contributed by atoms with Gasteiger partial charge in [0.1, 0.15) is 22.3 Å². The van der Waals surface area contributed by atoms with Gasteiger partial charge >= 0.3 is 0 Å². The number of benzene rings is 8. The van der Waals surface area contributed by atoms with Crippen molar-refractivity contribution in [2.45, 2.75) is 0 Å². The molecule has 12 aromatic rings. The maximum Gasteiger partial charge on any atom is 0.164 e. The molecule has 4 aromatic heterocycles. The molecule has 0 aliphatic heterocycles. The second kappa shape index (κ2) is 12.3. The van der Waals surface area contributed by atoms with E-state index < -0.39 is 42.3 Å². The third-order valence-corrected chi connectivity index (χ3v) is 10.3. The van der Waals surface area contributed by atoms with Gasteiger partial charge in [-0.15, -0.1) is 0 Å². The largest absolute Gasteiger partial charge is 0.456 e. The van der Waals surface area contributed by atoms with Gasteiger partial charge in [0.15, 0.2) is 17.5 Å². The zero-order chi connectivity index (χ0) is 47.0. The first kappa shape index (κ1) is 22.5. The number of rotatable bonds is 5. The highest BCUT2D eigenvalue weighted by atomic mass is 16.3. The Hall–Kier alpha value is -7.83. The average Bonchev–Trinajstić information content (AvgIpc) is 4.04. The molecule has 8 aromatic carbocycles. The highest BCUT2D eigenvalue weighted by molar-refractivity contribution is 6.15. The summed E-state index contributed by atoms with van der Waals surface area (Å²) in [4.78, 5) is 14.6. The van der Waals surface area contributed by atoms with Gasteiger partial charge in [-0.05, 0) is 54.0 Å². The van der Waals surface area contributed by atoms with Crippen LogP contribution in [0.5, 0.6) is 0 Å². The minimum atomic E-state index is -0.583. The van der Waals surface area contributed by atoms with E-state index in [1.54, 1.807) is 0 Å². The zero-order valence-corrected chi connectivity index (χ0v) is 29.6. The molecule has 0 fully saturated rings. The Kier molecular flexibility index (Phi) is 4.88. The fourth-order valence-electron chi connectivity index (χ4n) is 7.67. The first-order chi connectivity index (χ1) is 32.8. The molecule has 0 bridgehead atoms. The van der Waals surface area contributed by atoms with Crippen LogP contribution in [0.1, 0.15) is 15.1 Å². The van der Waals surface area contributed by atoms with Crippen LogP contribution >= 0.6 is 0 Å². The molecular formula is C51H30N4O2. The van der Waals surface area contributed by atoms with Crippen molar-refractivity contribution in [3.8, 4) is 51.0 Å². The SMILES string of the molecule is [2H]c1cc2c(oc3c([2H])c([2H])c([2H])c(-n4c5ccc([2H])c([2H])c5c5c([2H])c([2H])c([2H])c([2H])c54)c32)c([2H])c1-c1nc(-c2ccccc2)nc(-c2ccc3c(c2)oc2c(-c4ccccc4)cccc23)n1. The van der Waals surface area contributed by atoms with Crippen LogP contribution in [0, 0.1) is 0 Å². The monoisotopic (exact) mass is 741 g/mol. The number of hydrogen-bond acceptors (Lipinski definition) is 5. The zero-order valence-electron chi connectivity index (χ0n) is 40.6. The number of aromatic nitrogens is 4. The van der Waals surface area contributed by atoms with Crippen molar-refractivity contribution in [2.24, 2.45) is 0 Å². The fourth-order valence-corrected chi connectivity index (χ4v) is 7.67. The molecule has 0 saturated heterocycles. The summed E-state index contributed by atoms with van der Waals surface area (Å²) in [6.45, 7) is 0. The highest BCUT2D eigenvalue weighted by Gasteiger charge is 2.20. The smallest absolute Gasteiger partial charge is 0.164 e. The molecule has 0 radical (unpaired) electrons. The minimum Gasteiger partial charge on any atom is -0.456 e. The maximum atomic E-state index is 9.68. The fraction of sp³-hybridized carbons (Fsp3) is 0. The van der Waals surface area contributed by atoms with Gasteiger partial charge in [-0.2, -0.15) is 0 Å². The maximum absolute atomic E-state index is 9.68. The van der Waals surface area contributed by atoms with Crippen LogP contribution in [0.15, 0.2) is 191 Å². The number of nitrogens with zero attached hydrogens (tertiary/aromatic N) is 4. The lowest BCUT2D eigenvalue weighted by atomic mass is 10.0. The van der Waals surface area contributed by atoms with Crippen LogP contribution in [-0.4, -0.2) is 19.5 Å². The summed E-state index contributed by atoms with van der Waals surface area (Å²) in [5.74, 6) is 0.472. The predicted molar refractivity (Wildman–Crippen MR) is 230 cm³/mol. The summed E-state index contributed by atoms with van der Waals surface area (Å²) >= 11 is 0. The topological polar surface area (TPSA) is 69.9 Å². The number of hydrogen-bond donors (Lipinski definition) is 0. The van der Waals surface area contributed by atoms with Crippen LogP contribution < -0.4 is 0 Å². The highest BCUT2D eigenvalue weighted by Crippen LogP contribution is 2.41. The van der Waals surface area contributed by atoms with Crippen molar-refractivity contribution >= 4 is 65.7 Å². The Bertz CT molecular complexity index is 4170. The van der Waals surface area contributed by atoms with E-state index in [4.69, 9.17) is 34.8 Å². The van der Waals surface area contributed by atoms with E-state index in [1.807, 2.05) is 97.1 Å². The van der Waals surface area contributed by atoms with Crippen molar-refractivity contribution in [1.82, 2.24) is 19.5 Å². The summed E-state index contributed by atoms with van der Waals surface area (Å²) in [5, 5.41) is 1.93. The summed E-state index contributed by atoms with van der Waals surface area (Å²) in [6.07, 6.45) is 0. The molecule has 0 amide bonds. The third kappa shape index (κ3) is 4.94. The molecule has 6 nitrogen and oxygen atoms in total. The summed E-state index contributed by atoms with van der Waals surface area (Å²) in [7, 11) is 0. The molecule has 0 spiro atoms. The average molecular weight is 742 g/mol. The third-order valence-electron chi connectivity index (χ3n) is 10.3. The lowest BCUT2D eigenvalue weighted by Gasteiger charge is -2.10. The Morgan fingerprint density at radius 3 is 2.05 bits per heavy atom. The molecule has 0 aliphatic carbocycles. The molecule has 12 rings (SSSR count). The number of fused-ring (bicyclic) bond motifs is 9. The molecule has 0 unspecified atom stereocenters. The first-order valence-electron chi connectivity index (χ1n) is 23.6. The van der Waals surface area contributed by atoms with Crippen molar-refractivity contribution in [3.63, 3.8) is 0 Å². The van der Waals surface area contributed by atoms with Gasteiger partial charge in [0.2, 0.25) is 0 Å². The lowest BCUT2D eigenvalue weighted by Crippen LogP contribution is -2.00. The van der Waals surface area contributed by atoms with Crippen LogP contribution in [0.2, 0.25) is 0 Å². The second-order valence-corrected chi connectivity index (χ2v) is 13.5. The predicted octanol–water partition coefficient (Wildman–Crippen LogP) is 13.4. The van der Waals surface area contributed by atoms with Gasteiger partial charge in [-0.3, -0.25) is 0 Å². The molecular weight excluding hydrogens is 701 g/mol. The van der Waals surface area contributed by atoms with E-state index in [0.717, 1.165) is 27.5 Å². The standard InChI is InChI=1S/C51H30N4O2/c1-3-13-31(14-4-1)35-19-11-20-39-38-27-25-33(29-45(38)57-48(35)39)50-52-49(32-15-5-2-6-16-32)53-51(54-50)34-26-28-40-46(30-34)56-44-24-12-23-43(47(40)44)55-41-21-9-7-17-36(41)37-18-8-10-22-42(37)55/h1-30H/i7D,8D,9D,12D,17D,18D,21D,23D,24D,26D,30D. The van der Waals surface area contributed by atoms with Crippen LogP contribution in [0.25, 0.3) is 117 Å². The van der Waals surface area contributed by atoms with Gasteiger partial charge in [0.05, 0.1) is 37.2 Å². The summed E-state index contributed by atoms with van der Waals surface area (Å²) in [6, 6.07) is 30.3. The Morgan fingerprint density at radius 2 is 1.19 bits per heavy atom. The van der Waals surface area contributed by atoms with Gasteiger partial charge in [-0.1, -0.05) is 133 Å². The Morgan fingerprint density at radius 1 is 0.439 bits per heavy atom. The van der Waals surface area contributed by atoms with Crippen LogP contribution in [0.4, 0.5) is 0 Å². The van der Waals surface area contributed by atoms with Crippen LogP contribution in [0.3, 0.4) is 0 Å². The van der Waals surface area contributed by atoms with Crippen molar-refractivity contribution in [1.29, 1.82) is 0 Å². The van der Waals surface area contributed by atoms with E-state index in [9.17, 15) is 4.11 Å². The molecule has 57 heavy (non-hydrogen) atoms. The second-order valence-electron chi connectivity index (χ2n) is 13.5. The van der Waals surface area contributed by atoms with Gasteiger partial charge in [0.25, 0.3) is 0 Å². The van der Waals surface area contributed by atoms with E-state index in [-0.39, 0.29) is 96.6 Å². The molecule has 266 valence electrons. The van der Waals surface area contributed by atoms with E-state index >= 15 is 0 Å².